The average Bonchev–Trinajstić information content (AvgIpc) is 3.39. The number of halogens is 16. The first-order valence-corrected chi connectivity index (χ1v) is 26.6. The lowest BCUT2D eigenvalue weighted by Gasteiger charge is -2.04. The van der Waals surface area contributed by atoms with Crippen LogP contribution >= 0.6 is 69.6 Å². The highest BCUT2D eigenvalue weighted by atomic mass is 35.5. The molecule has 0 nitrogen and oxygen atoms in total. The average molecular weight is 1240 g/mol. The molecule has 0 heterocycles. The molecule has 0 aliphatic carbocycles. The maximum Gasteiger partial charge on any atom is 0.165 e. The number of rotatable bonds is 0. The molecule has 0 aliphatic heterocycles. The lowest BCUT2D eigenvalue weighted by atomic mass is 10.1. The molecule has 16 heteroatoms. The van der Waals surface area contributed by atoms with Crippen molar-refractivity contribution >= 4 is 69.6 Å². The van der Waals surface area contributed by atoms with E-state index in [1.807, 2.05) is 97.9 Å². The Balaban J connectivity index is 0.000000458. The zero-order valence-corrected chi connectivity index (χ0v) is 51.8. The zero-order chi connectivity index (χ0) is 61.8. The Hall–Kier alpha value is -5.20. The van der Waals surface area contributed by atoms with Crippen molar-refractivity contribution in [3.8, 4) is 0 Å². The van der Waals surface area contributed by atoms with Gasteiger partial charge in [0.15, 0.2) is 34.9 Å². The second-order valence-electron chi connectivity index (χ2n) is 18.7. The second-order valence-corrected chi connectivity index (χ2v) is 21.1. The Labute approximate surface area is 495 Å². The molecule has 0 N–H and O–H groups in total. The van der Waals surface area contributed by atoms with Gasteiger partial charge in [0.05, 0.1) is 10.0 Å². The quantitative estimate of drug-likeness (QED) is 0.105. The van der Waals surface area contributed by atoms with Gasteiger partial charge in [0.25, 0.3) is 0 Å². The van der Waals surface area contributed by atoms with Crippen LogP contribution in [0.1, 0.15) is 89.0 Å². The second kappa shape index (κ2) is 34.3. The van der Waals surface area contributed by atoms with Gasteiger partial charge in [0.2, 0.25) is 0 Å². The summed E-state index contributed by atoms with van der Waals surface area (Å²) < 4.78 is 126. The standard InChI is InChI=1S/2C8H8Cl2.C8H8ClF.C8H9Cl.C8H6F4.2C8H8F2.C8H9F/c1-5-3-7(9)6(2)8(10)4-5;1-5-3-4-6(2)8(10)7(5)9;1-5-3-7(9)6(2)8(10)4-5;1-6-3-4-7(2)8(9)5-6;1-3-5(9)7(11)4(2)8(12)6(3)10;1-5-3-7(9)6(2)8(10)4-5;1-5-3-4-6(2)8(10)7(5)9;1-6-3-4-7(2)8(9)5-6/h3*3-4H,1-2H3;3-5H,1-2H3;1-2H3;2*3-4H,1-2H3;3-5H,1-2H3. The number of aryl methyl sites for hydroxylation is 11. The summed E-state index contributed by atoms with van der Waals surface area (Å²) in [4.78, 5) is 0. The molecule has 0 bridgehead atoms. The number of benzene rings is 8. The van der Waals surface area contributed by atoms with Crippen LogP contribution in [-0.2, 0) is 0 Å². The van der Waals surface area contributed by atoms with E-state index in [9.17, 15) is 43.9 Å². The van der Waals surface area contributed by atoms with E-state index in [0.717, 1.165) is 67.9 Å². The van der Waals surface area contributed by atoms with E-state index in [-0.39, 0.29) is 17.2 Å². The summed E-state index contributed by atoms with van der Waals surface area (Å²) in [6, 6.07) is 28.0. The van der Waals surface area contributed by atoms with Crippen LogP contribution in [0.15, 0.2) is 97.1 Å². The van der Waals surface area contributed by atoms with Gasteiger partial charge in [-0.25, -0.2) is 43.9 Å². The van der Waals surface area contributed by atoms with Crippen molar-refractivity contribution < 1.29 is 43.9 Å². The van der Waals surface area contributed by atoms with E-state index >= 15 is 0 Å². The van der Waals surface area contributed by atoms with Crippen molar-refractivity contribution in [3.05, 3.63) is 274 Å². The summed E-state index contributed by atoms with van der Waals surface area (Å²) >= 11 is 34.9. The van der Waals surface area contributed by atoms with Crippen LogP contribution in [0.2, 0.25) is 30.1 Å². The van der Waals surface area contributed by atoms with Gasteiger partial charge in [0, 0.05) is 42.3 Å². The first-order chi connectivity index (χ1) is 36.9. The molecule has 0 saturated heterocycles. The minimum Gasteiger partial charge on any atom is -0.207 e. The van der Waals surface area contributed by atoms with Crippen molar-refractivity contribution in [1.82, 2.24) is 0 Å². The van der Waals surface area contributed by atoms with Gasteiger partial charge in [-0.1, -0.05) is 118 Å². The fourth-order valence-electron chi connectivity index (χ4n) is 6.05. The Morgan fingerprint density at radius 1 is 0.212 bits per heavy atom. The third kappa shape index (κ3) is 23.3. The van der Waals surface area contributed by atoms with Gasteiger partial charge in [-0.15, -0.1) is 0 Å². The molecular weight excluding hydrogens is 1170 g/mol. The molecule has 0 radical (unpaired) electrons. The van der Waals surface area contributed by atoms with Gasteiger partial charge in [-0.3, -0.25) is 0 Å². The van der Waals surface area contributed by atoms with Gasteiger partial charge in [0.1, 0.15) is 23.3 Å². The van der Waals surface area contributed by atoms with E-state index in [0.29, 0.717) is 42.9 Å². The minimum absolute atomic E-state index is 0.0885. The van der Waals surface area contributed by atoms with Crippen LogP contribution in [0.3, 0.4) is 0 Å². The molecule has 8 aromatic rings. The molecule has 80 heavy (non-hydrogen) atoms. The van der Waals surface area contributed by atoms with Crippen LogP contribution < -0.4 is 0 Å². The minimum atomic E-state index is -1.33. The normalized spacial score (nSPS) is 10.0. The van der Waals surface area contributed by atoms with Gasteiger partial charge < -0.3 is 0 Å². The summed E-state index contributed by atoms with van der Waals surface area (Å²) in [5.74, 6) is -8.08. The molecule has 0 unspecified atom stereocenters. The fraction of sp³-hybridized carbons (Fsp3) is 0.250. The molecule has 0 atom stereocenters. The largest absolute Gasteiger partial charge is 0.207 e. The molecule has 8 rings (SSSR count). The predicted molar refractivity (Wildman–Crippen MR) is 317 cm³/mol. The van der Waals surface area contributed by atoms with Crippen molar-refractivity contribution in [2.75, 3.05) is 0 Å². The van der Waals surface area contributed by atoms with Gasteiger partial charge in [-0.05, 0) is 226 Å². The Bertz CT molecular complexity index is 2910. The molecular formula is C64H64Cl6F10. The van der Waals surface area contributed by atoms with Crippen molar-refractivity contribution in [2.24, 2.45) is 0 Å². The molecule has 0 amide bonds. The van der Waals surface area contributed by atoms with Crippen molar-refractivity contribution in [3.63, 3.8) is 0 Å². The van der Waals surface area contributed by atoms with Gasteiger partial charge >= 0.3 is 0 Å². The van der Waals surface area contributed by atoms with E-state index < -0.39 is 57.7 Å². The van der Waals surface area contributed by atoms with E-state index in [4.69, 9.17) is 69.6 Å². The highest BCUT2D eigenvalue weighted by molar-refractivity contribution is 6.43. The van der Waals surface area contributed by atoms with Gasteiger partial charge in [-0.2, -0.15) is 0 Å². The molecule has 0 aromatic heterocycles. The fourth-order valence-corrected chi connectivity index (χ4v) is 7.57. The number of hydrogen-bond acceptors (Lipinski definition) is 0. The zero-order valence-electron chi connectivity index (χ0n) is 47.3. The SMILES string of the molecule is Cc1c(F)c(F)c(C)c(F)c1F.Cc1cc(Cl)c(C)c(Cl)c1.Cc1cc(F)c(C)c(Cl)c1.Cc1cc(F)c(C)c(F)c1.Cc1ccc(C)c(Cl)c1.Cc1ccc(C)c(Cl)c1Cl.Cc1ccc(C)c(F)c1.Cc1ccc(C)c(F)c1F. The van der Waals surface area contributed by atoms with E-state index in [1.54, 1.807) is 45.0 Å². The highest BCUT2D eigenvalue weighted by Gasteiger charge is 2.19. The Kier molecular flexibility index (Phi) is 31.2. The first kappa shape index (κ1) is 72.8. The summed E-state index contributed by atoms with van der Waals surface area (Å²) in [5, 5.41) is 4.17. The van der Waals surface area contributed by atoms with Crippen molar-refractivity contribution in [2.45, 2.75) is 111 Å². The lowest BCUT2D eigenvalue weighted by molar-refractivity contribution is 0.436. The monoisotopic (exact) mass is 1230 g/mol. The van der Waals surface area contributed by atoms with Crippen LogP contribution in [0.5, 0.6) is 0 Å². The van der Waals surface area contributed by atoms with E-state index in [2.05, 4.69) is 6.07 Å². The molecule has 0 saturated carbocycles. The Morgan fingerprint density at radius 2 is 0.475 bits per heavy atom. The third-order valence-electron chi connectivity index (χ3n) is 11.6. The van der Waals surface area contributed by atoms with E-state index in [1.165, 1.54) is 50.6 Å². The summed E-state index contributed by atoms with van der Waals surface area (Å²) in [6.07, 6.45) is 0. The first-order valence-electron chi connectivity index (χ1n) is 24.3. The van der Waals surface area contributed by atoms with Crippen LogP contribution in [0.4, 0.5) is 43.9 Å². The Morgan fingerprint density at radius 3 is 0.800 bits per heavy atom. The summed E-state index contributed by atoms with van der Waals surface area (Å²) in [5.41, 5.74) is 9.65. The summed E-state index contributed by atoms with van der Waals surface area (Å²) in [6.45, 7) is 27.0. The topological polar surface area (TPSA) is 0 Å². The van der Waals surface area contributed by atoms with Crippen LogP contribution in [0, 0.1) is 169 Å². The molecule has 0 spiro atoms. The number of hydrogen-bond donors (Lipinski definition) is 0. The molecule has 432 valence electrons. The maximum atomic E-state index is 12.8. The molecule has 0 aliphatic rings. The molecule has 0 fully saturated rings. The van der Waals surface area contributed by atoms with Crippen LogP contribution in [-0.4, -0.2) is 0 Å². The third-order valence-corrected chi connectivity index (χ3v) is 14.2. The van der Waals surface area contributed by atoms with Crippen molar-refractivity contribution in [1.29, 1.82) is 0 Å². The predicted octanol–water partition coefficient (Wildman–Crippen LogP) is 23.7. The summed E-state index contributed by atoms with van der Waals surface area (Å²) in [7, 11) is 0. The highest BCUT2D eigenvalue weighted by Crippen LogP contribution is 2.29. The smallest absolute Gasteiger partial charge is 0.165 e. The maximum absolute atomic E-state index is 12.8. The molecule has 8 aromatic carbocycles. The van der Waals surface area contributed by atoms with Crippen LogP contribution in [0.25, 0.3) is 0 Å². The lowest BCUT2D eigenvalue weighted by Crippen LogP contribution is -2.02.